The second-order valence-corrected chi connectivity index (χ2v) is 6.27. The van der Waals surface area contributed by atoms with Crippen molar-refractivity contribution in [3.05, 3.63) is 49.9 Å². The molecule has 5 heteroatoms. The van der Waals surface area contributed by atoms with E-state index < -0.39 is 0 Å². The highest BCUT2D eigenvalue weighted by atomic mass is 79.9. The van der Waals surface area contributed by atoms with E-state index in [-0.39, 0.29) is 11.2 Å². The van der Waals surface area contributed by atoms with Crippen molar-refractivity contribution in [1.82, 2.24) is 0 Å². The molecule has 1 aromatic carbocycles. The molecule has 0 radical (unpaired) electrons. The van der Waals surface area contributed by atoms with E-state index in [2.05, 4.69) is 28.9 Å². The minimum Gasteiger partial charge on any atom is -0.496 e. The van der Waals surface area contributed by atoms with Crippen molar-refractivity contribution in [1.29, 1.82) is 0 Å². The Morgan fingerprint density at radius 3 is 2.84 bits per heavy atom. The zero-order chi connectivity index (χ0) is 14.0. The summed E-state index contributed by atoms with van der Waals surface area (Å²) < 4.78 is 19.2. The average Bonchev–Trinajstić information content (AvgIpc) is 2.88. The number of thiophene rings is 1. The van der Waals surface area contributed by atoms with Crippen LogP contribution in [0.15, 0.2) is 28.1 Å². The first-order valence-corrected chi connectivity index (χ1v) is 7.92. The van der Waals surface area contributed by atoms with Gasteiger partial charge in [0.2, 0.25) is 0 Å². The van der Waals surface area contributed by atoms with E-state index in [1.807, 2.05) is 5.38 Å². The van der Waals surface area contributed by atoms with Crippen molar-refractivity contribution in [2.24, 2.45) is 0 Å². The number of hydrogen-bond donors (Lipinski definition) is 0. The quantitative estimate of drug-likeness (QED) is 0.647. The Morgan fingerprint density at radius 2 is 2.21 bits per heavy atom. The largest absolute Gasteiger partial charge is 0.496 e. The van der Waals surface area contributed by atoms with E-state index in [4.69, 9.17) is 16.3 Å². The fraction of sp³-hybridized carbons (Fsp3) is 0.286. The average molecular weight is 364 g/mol. The van der Waals surface area contributed by atoms with Gasteiger partial charge in [-0.3, -0.25) is 0 Å². The second-order valence-electron chi connectivity index (χ2n) is 4.03. The molecule has 0 saturated carbocycles. The summed E-state index contributed by atoms with van der Waals surface area (Å²) in [5, 5.41) is 1.69. The first kappa shape index (κ1) is 14.8. The van der Waals surface area contributed by atoms with Crippen LogP contribution in [0.4, 0.5) is 4.39 Å². The van der Waals surface area contributed by atoms with E-state index in [0.29, 0.717) is 10.2 Å². The lowest BCUT2D eigenvalue weighted by molar-refractivity contribution is 0.406. The number of ether oxygens (including phenoxy) is 1. The summed E-state index contributed by atoms with van der Waals surface area (Å²) in [5.41, 5.74) is 1.99. The lowest BCUT2D eigenvalue weighted by Gasteiger charge is -2.15. The van der Waals surface area contributed by atoms with Crippen molar-refractivity contribution in [2.45, 2.75) is 18.7 Å². The summed E-state index contributed by atoms with van der Waals surface area (Å²) in [6.45, 7) is 2.09. The van der Waals surface area contributed by atoms with Gasteiger partial charge in [-0.15, -0.1) is 22.9 Å². The lowest BCUT2D eigenvalue weighted by Crippen LogP contribution is -1.99. The maximum Gasteiger partial charge on any atom is 0.141 e. The Labute approximate surface area is 129 Å². The fourth-order valence-electron chi connectivity index (χ4n) is 1.92. The summed E-state index contributed by atoms with van der Waals surface area (Å²) in [6.07, 6.45) is 0.923. The molecule has 102 valence electrons. The van der Waals surface area contributed by atoms with Crippen LogP contribution in [0.1, 0.15) is 28.3 Å². The minimum absolute atomic E-state index is 0.332. The monoisotopic (exact) mass is 362 g/mol. The molecule has 0 saturated heterocycles. The molecular formula is C14H13BrClFOS. The Hall–Kier alpha value is -0.580. The third kappa shape index (κ3) is 2.96. The first-order valence-electron chi connectivity index (χ1n) is 5.81. The molecule has 0 aliphatic carbocycles. The number of halogens is 3. The van der Waals surface area contributed by atoms with E-state index in [1.165, 1.54) is 18.7 Å². The molecule has 1 atom stereocenters. The van der Waals surface area contributed by atoms with Crippen LogP contribution in [0.3, 0.4) is 0 Å². The summed E-state index contributed by atoms with van der Waals surface area (Å²) in [4.78, 5) is 1.08. The van der Waals surface area contributed by atoms with Crippen LogP contribution >= 0.6 is 38.9 Å². The molecule has 0 amide bonds. The summed E-state index contributed by atoms with van der Waals surface area (Å²) in [6, 6.07) is 5.11. The number of methoxy groups -OCH3 is 1. The smallest absolute Gasteiger partial charge is 0.141 e. The second kappa shape index (κ2) is 6.25. The van der Waals surface area contributed by atoms with Gasteiger partial charge in [0.25, 0.3) is 0 Å². The molecule has 1 nitrogen and oxygen atoms in total. The van der Waals surface area contributed by atoms with Crippen LogP contribution in [0.2, 0.25) is 0 Å². The number of aryl methyl sites for hydroxylation is 1. The number of rotatable bonds is 4. The van der Waals surface area contributed by atoms with Gasteiger partial charge in [0.1, 0.15) is 11.6 Å². The van der Waals surface area contributed by atoms with E-state index in [0.717, 1.165) is 16.9 Å². The van der Waals surface area contributed by atoms with Crippen LogP contribution in [-0.4, -0.2) is 7.11 Å². The molecule has 0 aliphatic heterocycles. The highest BCUT2D eigenvalue weighted by Crippen LogP contribution is 2.41. The van der Waals surface area contributed by atoms with Crippen LogP contribution in [0.5, 0.6) is 5.75 Å². The fourth-order valence-corrected chi connectivity index (χ4v) is 3.74. The topological polar surface area (TPSA) is 9.23 Å². The molecule has 19 heavy (non-hydrogen) atoms. The molecule has 1 aromatic heterocycles. The van der Waals surface area contributed by atoms with Crippen molar-refractivity contribution in [3.63, 3.8) is 0 Å². The normalized spacial score (nSPS) is 12.5. The van der Waals surface area contributed by atoms with Crippen molar-refractivity contribution >= 4 is 38.9 Å². The highest BCUT2D eigenvalue weighted by molar-refractivity contribution is 9.10. The summed E-state index contributed by atoms with van der Waals surface area (Å²) in [7, 11) is 1.52. The van der Waals surface area contributed by atoms with Crippen LogP contribution in [-0.2, 0) is 6.42 Å². The van der Waals surface area contributed by atoms with Crippen LogP contribution in [0.25, 0.3) is 0 Å². The zero-order valence-electron chi connectivity index (χ0n) is 10.5. The maximum absolute atomic E-state index is 13.5. The van der Waals surface area contributed by atoms with Gasteiger partial charge in [-0.25, -0.2) is 4.39 Å². The molecule has 0 fully saturated rings. The van der Waals surface area contributed by atoms with Crippen molar-refractivity contribution in [3.8, 4) is 5.75 Å². The summed E-state index contributed by atoms with van der Waals surface area (Å²) in [5.74, 6) is 0.113. The van der Waals surface area contributed by atoms with Crippen LogP contribution in [0, 0.1) is 5.82 Å². The van der Waals surface area contributed by atoms with Gasteiger partial charge in [-0.2, -0.15) is 0 Å². The molecule has 1 unspecified atom stereocenters. The predicted octanol–water partition coefficient (Wildman–Crippen LogP) is 5.55. The Balaban J connectivity index is 2.49. The number of alkyl halides is 1. The van der Waals surface area contributed by atoms with Gasteiger partial charge in [-0.1, -0.05) is 6.92 Å². The lowest BCUT2D eigenvalue weighted by atomic mass is 10.1. The third-order valence-corrected chi connectivity index (χ3v) is 5.15. The Bertz CT molecular complexity index is 585. The Kier molecular flexibility index (Phi) is 4.87. The molecule has 2 rings (SSSR count). The first-order chi connectivity index (χ1) is 9.08. The standard InChI is InChI=1S/C14H13BrClFOS/c1-3-8-4-5-19-14(8)13(16)9-6-10(15)11(17)7-12(9)18-2/h4-7,13H,3H2,1-2H3. The molecule has 0 spiro atoms. The van der Waals surface area contributed by atoms with E-state index >= 15 is 0 Å². The van der Waals surface area contributed by atoms with Crippen molar-refractivity contribution in [2.75, 3.05) is 7.11 Å². The van der Waals surface area contributed by atoms with Gasteiger partial charge in [-0.05, 0) is 45.4 Å². The summed E-state index contributed by atoms with van der Waals surface area (Å²) >= 11 is 11.4. The molecular weight excluding hydrogens is 351 g/mol. The minimum atomic E-state index is -0.355. The third-order valence-electron chi connectivity index (χ3n) is 2.94. The van der Waals surface area contributed by atoms with E-state index in [1.54, 1.807) is 17.4 Å². The van der Waals surface area contributed by atoms with E-state index in [9.17, 15) is 4.39 Å². The SMILES string of the molecule is CCc1ccsc1C(Cl)c1cc(Br)c(F)cc1OC. The molecule has 0 aliphatic rings. The maximum atomic E-state index is 13.5. The molecule has 0 N–H and O–H groups in total. The highest BCUT2D eigenvalue weighted by Gasteiger charge is 2.21. The van der Waals surface area contributed by atoms with Gasteiger partial charge in [0, 0.05) is 16.5 Å². The Morgan fingerprint density at radius 1 is 1.47 bits per heavy atom. The molecule has 0 bridgehead atoms. The van der Waals surface area contributed by atoms with Gasteiger partial charge in [0.15, 0.2) is 0 Å². The number of benzene rings is 1. The molecule has 1 heterocycles. The van der Waals surface area contributed by atoms with Crippen molar-refractivity contribution < 1.29 is 9.13 Å². The molecule has 2 aromatic rings. The van der Waals surface area contributed by atoms with Crippen LogP contribution < -0.4 is 4.74 Å². The van der Waals surface area contributed by atoms with Gasteiger partial charge in [0.05, 0.1) is 17.0 Å². The van der Waals surface area contributed by atoms with Gasteiger partial charge >= 0.3 is 0 Å². The van der Waals surface area contributed by atoms with Gasteiger partial charge < -0.3 is 4.74 Å². The number of hydrogen-bond acceptors (Lipinski definition) is 2. The zero-order valence-corrected chi connectivity index (χ0v) is 13.7. The predicted molar refractivity (Wildman–Crippen MR) is 82.0 cm³/mol.